The van der Waals surface area contributed by atoms with Gasteiger partial charge in [-0.05, 0) is 24.3 Å². The molecule has 3 rings (SSSR count). The molecule has 0 unspecified atom stereocenters. The van der Waals surface area contributed by atoms with Gasteiger partial charge < -0.3 is 10.1 Å². The van der Waals surface area contributed by atoms with Gasteiger partial charge in [0.15, 0.2) is 6.61 Å². The number of rotatable bonds is 5. The van der Waals surface area contributed by atoms with Crippen LogP contribution in [0.1, 0.15) is 6.42 Å². The first-order valence-corrected chi connectivity index (χ1v) is 7.65. The van der Waals surface area contributed by atoms with Crippen LogP contribution in [0.2, 0.25) is 0 Å². The van der Waals surface area contributed by atoms with Gasteiger partial charge in [-0.15, -0.1) is 0 Å². The number of nitro groups is 1. The first kappa shape index (κ1) is 17.1. The minimum atomic E-state index is -0.524. The summed E-state index contributed by atoms with van der Waals surface area (Å²) in [6.07, 6.45) is -0.0157. The van der Waals surface area contributed by atoms with Gasteiger partial charge in [0, 0.05) is 12.1 Å². The number of nitro benzene ring substituents is 1. The van der Waals surface area contributed by atoms with Crippen molar-refractivity contribution < 1.29 is 19.2 Å². The van der Waals surface area contributed by atoms with Gasteiger partial charge >= 0.3 is 0 Å². The molecule has 0 spiro atoms. The van der Waals surface area contributed by atoms with E-state index < -0.39 is 10.8 Å². The average Bonchev–Trinajstić information content (AvgIpc) is 3.01. The van der Waals surface area contributed by atoms with Crippen molar-refractivity contribution in [1.29, 1.82) is 0 Å². The van der Waals surface area contributed by atoms with Crippen LogP contribution in [0, 0.1) is 10.1 Å². The monoisotopic (exact) mass is 354 g/mol. The maximum Gasteiger partial charge on any atom is 0.269 e. The summed E-state index contributed by atoms with van der Waals surface area (Å²) < 4.78 is 5.26. The van der Waals surface area contributed by atoms with E-state index in [2.05, 4.69) is 10.4 Å². The third-order valence-corrected chi connectivity index (χ3v) is 3.48. The van der Waals surface area contributed by atoms with Crippen molar-refractivity contribution in [2.24, 2.45) is 5.10 Å². The molecule has 0 radical (unpaired) electrons. The predicted molar refractivity (Wildman–Crippen MR) is 92.7 cm³/mol. The molecule has 9 heteroatoms. The van der Waals surface area contributed by atoms with Crippen molar-refractivity contribution in [3.05, 3.63) is 64.7 Å². The van der Waals surface area contributed by atoms with E-state index in [0.717, 1.165) is 0 Å². The summed E-state index contributed by atoms with van der Waals surface area (Å²) in [5, 5.41) is 18.4. The number of hydrazone groups is 1. The Balaban J connectivity index is 1.55. The second kappa shape index (κ2) is 7.43. The second-order valence-electron chi connectivity index (χ2n) is 5.35. The molecule has 1 aliphatic heterocycles. The summed E-state index contributed by atoms with van der Waals surface area (Å²) in [5.74, 6) is -0.176. The summed E-state index contributed by atoms with van der Waals surface area (Å²) in [4.78, 5) is 34.0. The molecule has 0 fully saturated rings. The Kier molecular flexibility index (Phi) is 4.88. The number of benzene rings is 2. The van der Waals surface area contributed by atoms with Gasteiger partial charge in [0.25, 0.3) is 17.5 Å². The third-order valence-electron chi connectivity index (χ3n) is 3.48. The Morgan fingerprint density at radius 1 is 1.19 bits per heavy atom. The van der Waals surface area contributed by atoms with E-state index in [0.29, 0.717) is 11.4 Å². The van der Waals surface area contributed by atoms with Crippen molar-refractivity contribution in [1.82, 2.24) is 5.32 Å². The molecule has 2 aromatic rings. The Bertz CT molecular complexity index is 864. The largest absolute Gasteiger partial charge is 0.484 e. The highest BCUT2D eigenvalue weighted by atomic mass is 16.6. The number of amides is 2. The SMILES string of the molecule is O=C(COc1ccc([N+](=O)[O-])cc1)NC1=NN(c2ccccc2)C(=O)C1. The quantitative estimate of drug-likeness (QED) is 0.650. The van der Waals surface area contributed by atoms with E-state index in [9.17, 15) is 19.7 Å². The van der Waals surface area contributed by atoms with Crippen molar-refractivity contribution >= 4 is 29.0 Å². The number of hydrogen-bond acceptors (Lipinski definition) is 6. The van der Waals surface area contributed by atoms with Gasteiger partial charge in [0.05, 0.1) is 17.0 Å². The van der Waals surface area contributed by atoms with Crippen LogP contribution in [0.15, 0.2) is 59.7 Å². The number of nitrogens with one attached hydrogen (secondary N) is 1. The summed E-state index contributed by atoms with van der Waals surface area (Å²) in [7, 11) is 0. The van der Waals surface area contributed by atoms with Crippen LogP contribution < -0.4 is 15.1 Å². The van der Waals surface area contributed by atoms with Crippen LogP contribution in [0.25, 0.3) is 0 Å². The fourth-order valence-electron chi connectivity index (χ4n) is 2.28. The third kappa shape index (κ3) is 4.01. The lowest BCUT2D eigenvalue weighted by Crippen LogP contribution is -2.33. The summed E-state index contributed by atoms with van der Waals surface area (Å²) in [6.45, 7) is -0.309. The van der Waals surface area contributed by atoms with Crippen LogP contribution in [-0.4, -0.2) is 29.2 Å². The molecule has 0 bridgehead atoms. The molecule has 2 aromatic carbocycles. The number of nitrogens with zero attached hydrogens (tertiary/aromatic N) is 3. The van der Waals surface area contributed by atoms with Crippen molar-refractivity contribution in [2.45, 2.75) is 6.42 Å². The number of anilines is 1. The first-order valence-electron chi connectivity index (χ1n) is 7.65. The normalized spacial score (nSPS) is 13.3. The number of ether oxygens (including phenoxy) is 1. The van der Waals surface area contributed by atoms with Gasteiger partial charge in [0.1, 0.15) is 11.6 Å². The zero-order chi connectivity index (χ0) is 18.5. The highest BCUT2D eigenvalue weighted by Crippen LogP contribution is 2.19. The Morgan fingerprint density at radius 3 is 2.54 bits per heavy atom. The molecule has 0 saturated heterocycles. The molecular weight excluding hydrogens is 340 g/mol. The maximum absolute atomic E-state index is 12.0. The van der Waals surface area contributed by atoms with Gasteiger partial charge in [0.2, 0.25) is 0 Å². The molecule has 1 heterocycles. The molecule has 0 saturated carbocycles. The van der Waals surface area contributed by atoms with Crippen LogP contribution in [0.4, 0.5) is 11.4 Å². The minimum Gasteiger partial charge on any atom is -0.484 e. The highest BCUT2D eigenvalue weighted by molar-refractivity contribution is 6.15. The van der Waals surface area contributed by atoms with E-state index in [1.54, 1.807) is 24.3 Å². The molecular formula is C17H14N4O5. The molecule has 132 valence electrons. The number of hydrogen-bond donors (Lipinski definition) is 1. The highest BCUT2D eigenvalue weighted by Gasteiger charge is 2.26. The molecule has 26 heavy (non-hydrogen) atoms. The predicted octanol–water partition coefficient (Wildman–Crippen LogP) is 1.84. The van der Waals surface area contributed by atoms with Crippen LogP contribution in [0.3, 0.4) is 0 Å². The van der Waals surface area contributed by atoms with Gasteiger partial charge in [-0.2, -0.15) is 10.1 Å². The van der Waals surface area contributed by atoms with Crippen LogP contribution in [0.5, 0.6) is 5.75 Å². The topological polar surface area (TPSA) is 114 Å². The number of carbonyl (C=O) groups is 2. The smallest absolute Gasteiger partial charge is 0.269 e. The molecule has 0 aromatic heterocycles. The molecule has 1 aliphatic rings. The fourth-order valence-corrected chi connectivity index (χ4v) is 2.28. The number of non-ortho nitro benzene ring substituents is 1. The van der Waals surface area contributed by atoms with Crippen molar-refractivity contribution in [3.8, 4) is 5.75 Å². The van der Waals surface area contributed by atoms with E-state index in [4.69, 9.17) is 4.74 Å². The first-order chi connectivity index (χ1) is 12.5. The standard InChI is InChI=1S/C17H14N4O5/c22-16(11-26-14-8-6-13(7-9-14)21(24)25)18-15-10-17(23)20(19-15)12-4-2-1-3-5-12/h1-9H,10-11H2,(H,18,19,22). The zero-order valence-electron chi connectivity index (χ0n) is 13.5. The lowest BCUT2D eigenvalue weighted by atomic mass is 10.3. The molecule has 1 N–H and O–H groups in total. The summed E-state index contributed by atoms with van der Waals surface area (Å²) >= 11 is 0. The zero-order valence-corrected chi connectivity index (χ0v) is 13.5. The van der Waals surface area contributed by atoms with Gasteiger partial charge in [-0.3, -0.25) is 19.7 Å². The average molecular weight is 354 g/mol. The fraction of sp³-hybridized carbons (Fsp3) is 0.118. The number of carbonyl (C=O) groups excluding carboxylic acids is 2. The molecule has 0 atom stereocenters. The number of amidine groups is 1. The molecule has 2 amide bonds. The lowest BCUT2D eigenvalue weighted by Gasteiger charge is -2.10. The van der Waals surface area contributed by atoms with E-state index in [1.165, 1.54) is 29.3 Å². The van der Waals surface area contributed by atoms with E-state index >= 15 is 0 Å². The van der Waals surface area contributed by atoms with Crippen LogP contribution in [-0.2, 0) is 9.59 Å². The second-order valence-corrected chi connectivity index (χ2v) is 5.35. The van der Waals surface area contributed by atoms with E-state index in [-0.39, 0.29) is 30.5 Å². The maximum atomic E-state index is 12.0. The Morgan fingerprint density at radius 2 is 1.88 bits per heavy atom. The van der Waals surface area contributed by atoms with Gasteiger partial charge in [-0.1, -0.05) is 18.2 Å². The molecule has 9 nitrogen and oxygen atoms in total. The Labute approximate surface area is 148 Å². The summed E-state index contributed by atoms with van der Waals surface area (Å²) in [5.41, 5.74) is 0.547. The minimum absolute atomic E-state index is 0.0157. The van der Waals surface area contributed by atoms with Gasteiger partial charge in [-0.25, -0.2) is 0 Å². The van der Waals surface area contributed by atoms with E-state index in [1.807, 2.05) is 6.07 Å². The lowest BCUT2D eigenvalue weighted by molar-refractivity contribution is -0.384. The van der Waals surface area contributed by atoms with Crippen molar-refractivity contribution in [2.75, 3.05) is 11.6 Å². The van der Waals surface area contributed by atoms with Crippen molar-refractivity contribution in [3.63, 3.8) is 0 Å². The Hall–Kier alpha value is -3.75. The summed E-state index contributed by atoms with van der Waals surface area (Å²) in [6, 6.07) is 14.2. The van der Waals surface area contributed by atoms with Crippen LogP contribution >= 0.6 is 0 Å². The molecule has 0 aliphatic carbocycles. The number of para-hydroxylation sites is 1.